The van der Waals surface area contributed by atoms with Crippen molar-refractivity contribution in [2.45, 2.75) is 12.8 Å². The summed E-state index contributed by atoms with van der Waals surface area (Å²) in [4.78, 5) is 16.3. The second-order valence-electron chi connectivity index (χ2n) is 5.83. The minimum Gasteiger partial charge on any atom is -0.497 e. The first-order valence-corrected chi connectivity index (χ1v) is 7.72. The number of carbonyl (C=O) groups is 1. The monoisotopic (exact) mass is 315 g/mol. The van der Waals surface area contributed by atoms with Gasteiger partial charge in [0.15, 0.2) is 11.6 Å². The van der Waals surface area contributed by atoms with Gasteiger partial charge < -0.3 is 19.1 Å². The second-order valence-corrected chi connectivity index (χ2v) is 5.83. The lowest BCUT2D eigenvalue weighted by molar-refractivity contribution is 0.0828. The number of benzene rings is 1. The van der Waals surface area contributed by atoms with E-state index in [2.05, 4.69) is 10.1 Å². The van der Waals surface area contributed by atoms with Crippen LogP contribution in [0.15, 0.2) is 28.8 Å². The summed E-state index contributed by atoms with van der Waals surface area (Å²) < 4.78 is 10.7. The number of anilines is 1. The van der Waals surface area contributed by atoms with Gasteiger partial charge in [0.05, 0.1) is 7.11 Å². The van der Waals surface area contributed by atoms with E-state index in [0.29, 0.717) is 17.1 Å². The van der Waals surface area contributed by atoms with Gasteiger partial charge in [0.2, 0.25) is 0 Å². The van der Waals surface area contributed by atoms with Crippen LogP contribution >= 0.6 is 0 Å². The van der Waals surface area contributed by atoms with Gasteiger partial charge in [-0.25, -0.2) is 0 Å². The Morgan fingerprint density at radius 1 is 1.22 bits per heavy atom. The van der Waals surface area contributed by atoms with Crippen molar-refractivity contribution in [2.24, 2.45) is 0 Å². The maximum atomic E-state index is 12.7. The van der Waals surface area contributed by atoms with Gasteiger partial charge in [-0.05, 0) is 37.1 Å². The van der Waals surface area contributed by atoms with Crippen molar-refractivity contribution in [1.82, 2.24) is 10.1 Å². The summed E-state index contributed by atoms with van der Waals surface area (Å²) in [6, 6.07) is 7.44. The fourth-order valence-electron chi connectivity index (χ4n) is 2.78. The first-order valence-electron chi connectivity index (χ1n) is 7.72. The topological polar surface area (TPSA) is 58.8 Å². The van der Waals surface area contributed by atoms with Gasteiger partial charge in [-0.3, -0.25) is 4.79 Å². The summed E-state index contributed by atoms with van der Waals surface area (Å²) in [7, 11) is 5.09. The highest BCUT2D eigenvalue weighted by molar-refractivity contribution is 6.04. The molecule has 1 aliphatic heterocycles. The molecule has 0 aliphatic carbocycles. The summed E-state index contributed by atoms with van der Waals surface area (Å²) >= 11 is 0. The van der Waals surface area contributed by atoms with Crippen LogP contribution in [0.1, 0.15) is 23.2 Å². The number of hydrogen-bond acceptors (Lipinski definition) is 5. The Morgan fingerprint density at radius 2 is 1.87 bits per heavy atom. The molecule has 1 saturated heterocycles. The third kappa shape index (κ3) is 2.88. The van der Waals surface area contributed by atoms with Crippen molar-refractivity contribution in [3.8, 4) is 17.1 Å². The first kappa shape index (κ1) is 15.4. The predicted octanol–water partition coefficient (Wildman–Crippen LogP) is 2.65. The van der Waals surface area contributed by atoms with E-state index in [1.165, 1.54) is 0 Å². The summed E-state index contributed by atoms with van der Waals surface area (Å²) in [6.07, 6.45) is 2.22. The number of methoxy groups -OCH3 is 1. The zero-order valence-electron chi connectivity index (χ0n) is 13.7. The standard InChI is InChI=1S/C17H21N3O3/c1-19(2)17(21)14-15(12-6-8-13(22-3)9-7-12)23-18-16(14)20-10-4-5-11-20/h6-9H,4-5,10-11H2,1-3H3. The van der Waals surface area contributed by atoms with E-state index in [0.717, 1.165) is 37.2 Å². The molecule has 6 nitrogen and oxygen atoms in total. The Hall–Kier alpha value is -2.50. The maximum absolute atomic E-state index is 12.7. The minimum absolute atomic E-state index is 0.0982. The quantitative estimate of drug-likeness (QED) is 0.868. The molecular formula is C17H21N3O3. The molecule has 23 heavy (non-hydrogen) atoms. The largest absolute Gasteiger partial charge is 0.497 e. The highest BCUT2D eigenvalue weighted by Gasteiger charge is 2.29. The van der Waals surface area contributed by atoms with Crippen LogP contribution in [0.3, 0.4) is 0 Å². The molecule has 0 saturated carbocycles. The molecule has 1 aromatic heterocycles. The van der Waals surface area contributed by atoms with Crippen molar-refractivity contribution in [1.29, 1.82) is 0 Å². The zero-order valence-corrected chi connectivity index (χ0v) is 13.7. The molecule has 1 aliphatic rings. The van der Waals surface area contributed by atoms with Crippen LogP contribution < -0.4 is 9.64 Å². The molecule has 0 bridgehead atoms. The lowest BCUT2D eigenvalue weighted by atomic mass is 10.1. The van der Waals surface area contributed by atoms with E-state index >= 15 is 0 Å². The van der Waals surface area contributed by atoms with Gasteiger partial charge in [0, 0.05) is 32.7 Å². The molecule has 1 amide bonds. The molecular weight excluding hydrogens is 294 g/mol. The number of carbonyl (C=O) groups excluding carboxylic acids is 1. The Kier molecular flexibility index (Phi) is 4.23. The number of aromatic nitrogens is 1. The van der Waals surface area contributed by atoms with Crippen LogP contribution in [-0.4, -0.2) is 50.3 Å². The van der Waals surface area contributed by atoms with Crippen molar-refractivity contribution < 1.29 is 14.1 Å². The maximum Gasteiger partial charge on any atom is 0.261 e. The number of ether oxygens (including phenoxy) is 1. The predicted molar refractivity (Wildman–Crippen MR) is 88.0 cm³/mol. The van der Waals surface area contributed by atoms with Gasteiger partial charge in [-0.1, -0.05) is 5.16 Å². The van der Waals surface area contributed by atoms with Gasteiger partial charge in [-0.2, -0.15) is 0 Å². The van der Waals surface area contributed by atoms with Crippen LogP contribution in [0.25, 0.3) is 11.3 Å². The van der Waals surface area contributed by atoms with Crippen LogP contribution in [-0.2, 0) is 0 Å². The van der Waals surface area contributed by atoms with Crippen LogP contribution in [0.4, 0.5) is 5.82 Å². The summed E-state index contributed by atoms with van der Waals surface area (Å²) in [5.74, 6) is 1.81. The molecule has 0 atom stereocenters. The Morgan fingerprint density at radius 3 is 2.43 bits per heavy atom. The average Bonchev–Trinajstić information content (AvgIpc) is 3.23. The molecule has 1 fully saturated rings. The van der Waals surface area contributed by atoms with E-state index in [1.807, 2.05) is 24.3 Å². The van der Waals surface area contributed by atoms with Crippen LogP contribution in [0.2, 0.25) is 0 Å². The lowest BCUT2D eigenvalue weighted by Crippen LogP contribution is -2.26. The van der Waals surface area contributed by atoms with Crippen LogP contribution in [0, 0.1) is 0 Å². The summed E-state index contributed by atoms with van der Waals surface area (Å²) in [6.45, 7) is 1.81. The zero-order chi connectivity index (χ0) is 16.4. The first-order chi connectivity index (χ1) is 11.1. The van der Waals surface area contributed by atoms with Gasteiger partial charge in [0.25, 0.3) is 5.91 Å². The molecule has 2 aromatic rings. The normalized spacial score (nSPS) is 14.1. The van der Waals surface area contributed by atoms with E-state index in [9.17, 15) is 4.79 Å². The van der Waals surface area contributed by atoms with E-state index in [4.69, 9.17) is 9.26 Å². The van der Waals surface area contributed by atoms with Crippen molar-refractivity contribution in [2.75, 3.05) is 39.2 Å². The van der Waals surface area contributed by atoms with E-state index in [1.54, 1.807) is 26.1 Å². The Labute approximate surface area is 135 Å². The van der Waals surface area contributed by atoms with E-state index in [-0.39, 0.29) is 5.91 Å². The van der Waals surface area contributed by atoms with Crippen molar-refractivity contribution in [3.05, 3.63) is 29.8 Å². The lowest BCUT2D eigenvalue weighted by Gasteiger charge is -2.17. The summed E-state index contributed by atoms with van der Waals surface area (Å²) in [5, 5.41) is 4.19. The summed E-state index contributed by atoms with van der Waals surface area (Å²) in [5.41, 5.74) is 1.34. The second kappa shape index (κ2) is 6.32. The molecule has 6 heteroatoms. The van der Waals surface area contributed by atoms with Gasteiger partial charge in [0.1, 0.15) is 11.3 Å². The highest BCUT2D eigenvalue weighted by Crippen LogP contribution is 2.34. The third-order valence-corrected chi connectivity index (χ3v) is 4.05. The van der Waals surface area contributed by atoms with Crippen molar-refractivity contribution >= 4 is 11.7 Å². The fourth-order valence-corrected chi connectivity index (χ4v) is 2.78. The molecule has 2 heterocycles. The number of hydrogen-bond donors (Lipinski definition) is 0. The molecule has 3 rings (SSSR count). The number of amides is 1. The number of nitrogens with zero attached hydrogens (tertiary/aromatic N) is 3. The van der Waals surface area contributed by atoms with Gasteiger partial charge >= 0.3 is 0 Å². The fraction of sp³-hybridized carbons (Fsp3) is 0.412. The van der Waals surface area contributed by atoms with Gasteiger partial charge in [-0.15, -0.1) is 0 Å². The van der Waals surface area contributed by atoms with E-state index < -0.39 is 0 Å². The third-order valence-electron chi connectivity index (χ3n) is 4.05. The number of rotatable bonds is 4. The molecule has 1 aromatic carbocycles. The highest BCUT2D eigenvalue weighted by atomic mass is 16.5. The molecule has 122 valence electrons. The Bertz CT molecular complexity index is 686. The van der Waals surface area contributed by atoms with Crippen LogP contribution in [0.5, 0.6) is 5.75 Å². The molecule has 0 N–H and O–H groups in total. The Balaban J connectivity index is 2.06. The van der Waals surface area contributed by atoms with Crippen molar-refractivity contribution in [3.63, 3.8) is 0 Å². The molecule has 0 unspecified atom stereocenters. The smallest absolute Gasteiger partial charge is 0.261 e. The molecule has 0 radical (unpaired) electrons. The molecule has 0 spiro atoms. The SMILES string of the molecule is COc1ccc(-c2onc(N3CCCC3)c2C(=O)N(C)C)cc1. The average molecular weight is 315 g/mol. The minimum atomic E-state index is -0.0982.